The van der Waals surface area contributed by atoms with Crippen LogP contribution in [0.2, 0.25) is 0 Å². The number of likely N-dealkylation sites (tertiary alicyclic amines) is 1. The van der Waals surface area contributed by atoms with Crippen LogP contribution in [0.5, 0.6) is 0 Å². The van der Waals surface area contributed by atoms with Crippen LogP contribution in [0.4, 0.5) is 10.5 Å². The number of rotatable bonds is 11. The molecule has 4 rings (SSSR count). The second-order valence-electron chi connectivity index (χ2n) is 12.6. The van der Waals surface area contributed by atoms with Crippen LogP contribution < -0.4 is 15.5 Å². The molecule has 0 bridgehead atoms. The Balaban J connectivity index is 0.00000576. The van der Waals surface area contributed by atoms with Crippen LogP contribution >= 0.6 is 0 Å². The Morgan fingerprint density at radius 3 is 2.17 bits per heavy atom. The molecule has 1 aliphatic rings. The Morgan fingerprint density at radius 1 is 0.957 bits per heavy atom. The fourth-order valence-corrected chi connectivity index (χ4v) is 5.45. The van der Waals surface area contributed by atoms with E-state index in [1.807, 2.05) is 60.7 Å². The number of carbonyl (C=O) groups excluding carboxylic acids is 2. The van der Waals surface area contributed by atoms with Gasteiger partial charge in [0.1, 0.15) is 11.6 Å². The quantitative estimate of drug-likeness (QED) is 0.185. The van der Waals surface area contributed by atoms with Crippen LogP contribution in [0.3, 0.4) is 0 Å². The van der Waals surface area contributed by atoms with Crippen molar-refractivity contribution in [3.05, 3.63) is 102 Å². The maximum atomic E-state index is 13.7. The van der Waals surface area contributed by atoms with Gasteiger partial charge in [-0.15, -0.1) is 0 Å². The van der Waals surface area contributed by atoms with E-state index in [1.165, 1.54) is 0 Å². The van der Waals surface area contributed by atoms with Gasteiger partial charge in [0.25, 0.3) is 0 Å². The van der Waals surface area contributed by atoms with Crippen molar-refractivity contribution in [2.45, 2.75) is 77.7 Å². The van der Waals surface area contributed by atoms with Crippen LogP contribution in [0.15, 0.2) is 94.9 Å². The smallest absolute Gasteiger partial charge is 0.861 e. The first-order chi connectivity index (χ1) is 21.4. The zero-order chi connectivity index (χ0) is 32.6. The van der Waals surface area contributed by atoms with Crippen LogP contribution in [0, 0.1) is 5.92 Å². The van der Waals surface area contributed by atoms with Crippen LogP contribution in [-0.2, 0) is 32.6 Å². The zero-order valence-corrected chi connectivity index (χ0v) is 27.9. The van der Waals surface area contributed by atoms with Crippen LogP contribution in [0.25, 0.3) is 0 Å². The predicted octanol–water partition coefficient (Wildman–Crippen LogP) is 4.24. The maximum Gasteiger partial charge on any atom is 2.00 e. The number of carboxylic acids is 1. The average Bonchev–Trinajstić information content (AvgIpc) is 3.45. The van der Waals surface area contributed by atoms with Crippen LogP contribution in [-0.4, -0.2) is 58.8 Å². The molecule has 9 nitrogen and oxygen atoms in total. The van der Waals surface area contributed by atoms with Gasteiger partial charge < -0.3 is 25.1 Å². The van der Waals surface area contributed by atoms with Crippen molar-refractivity contribution in [2.75, 3.05) is 6.54 Å². The summed E-state index contributed by atoms with van der Waals surface area (Å²) < 4.78 is 5.41. The van der Waals surface area contributed by atoms with Crippen molar-refractivity contribution >= 4 is 29.4 Å². The number of amides is 1. The zero-order valence-electron chi connectivity index (χ0n) is 26.9. The number of carboxylic acid groups (broad SMARTS) is 1. The molecule has 0 unspecified atom stereocenters. The second-order valence-corrected chi connectivity index (χ2v) is 12.6. The third-order valence-corrected chi connectivity index (χ3v) is 7.57. The minimum Gasteiger partial charge on any atom is -0.861 e. The number of hydrogen-bond donors (Lipinski definition) is 1. The number of nitrogens with one attached hydrogen (secondary N) is 1. The molecule has 3 atom stereocenters. The first-order valence-corrected chi connectivity index (χ1v) is 15.4. The van der Waals surface area contributed by atoms with Crippen LogP contribution in [0.1, 0.15) is 64.2 Å². The third kappa shape index (κ3) is 10.00. The number of para-hydroxylation sites is 1. The van der Waals surface area contributed by atoms with Gasteiger partial charge in [0.15, 0.2) is 0 Å². The molecule has 0 radical (unpaired) electrons. The molecule has 0 aliphatic carbocycles. The summed E-state index contributed by atoms with van der Waals surface area (Å²) in [6.45, 7) is 10.2. The van der Waals surface area contributed by atoms with E-state index in [0.29, 0.717) is 35.5 Å². The maximum absolute atomic E-state index is 13.7. The summed E-state index contributed by atoms with van der Waals surface area (Å²) in [7, 11) is 0. The first kappa shape index (κ1) is 36.5. The average molecular weight is 669 g/mol. The summed E-state index contributed by atoms with van der Waals surface area (Å²) in [6, 6.07) is 23.5. The molecule has 0 spiro atoms. The van der Waals surface area contributed by atoms with Crippen molar-refractivity contribution in [2.24, 2.45) is 15.9 Å². The molecule has 1 aliphatic heterocycles. The Kier molecular flexibility index (Phi) is 13.1. The predicted molar refractivity (Wildman–Crippen MR) is 172 cm³/mol. The van der Waals surface area contributed by atoms with Gasteiger partial charge >= 0.3 is 22.6 Å². The number of alkyl carbamates (subject to hydrolysis) is 1. The van der Waals surface area contributed by atoms with Gasteiger partial charge in [0, 0.05) is 23.7 Å². The van der Waals surface area contributed by atoms with E-state index in [-0.39, 0.29) is 34.3 Å². The van der Waals surface area contributed by atoms with Crippen molar-refractivity contribution in [1.82, 2.24) is 10.2 Å². The normalized spacial score (nSPS) is 17.2. The molecule has 1 N–H and O–H groups in total. The molecule has 0 aromatic heterocycles. The Bertz CT molecular complexity index is 1510. The van der Waals surface area contributed by atoms with E-state index in [9.17, 15) is 19.8 Å². The van der Waals surface area contributed by atoms with Gasteiger partial charge in [-0.2, -0.15) is 0 Å². The molecule has 1 saturated heterocycles. The SMILES string of the molecule is CC(C)[C@@H](NC(=O)OC(C)(C)C)[C@H](N=C(c1ccccc1)c1ccccc1N=C([O-])[C@@H]1CCCN1Cc1ccccc1)C(=O)[O-].[Ni+2]. The molecule has 3 aromatic rings. The molecular formula is C36H42N4NiO5. The molecule has 1 amide bonds. The number of ether oxygens (including phenoxy) is 1. The summed E-state index contributed by atoms with van der Waals surface area (Å²) >= 11 is 0. The van der Waals surface area contributed by atoms with Gasteiger partial charge in [-0.3, -0.25) is 14.9 Å². The van der Waals surface area contributed by atoms with Crippen molar-refractivity contribution in [3.63, 3.8) is 0 Å². The monoisotopic (exact) mass is 668 g/mol. The summed E-state index contributed by atoms with van der Waals surface area (Å²) in [5.41, 5.74) is 2.19. The topological polar surface area (TPSA) is 129 Å². The molecule has 1 fully saturated rings. The molecule has 46 heavy (non-hydrogen) atoms. The fourth-order valence-electron chi connectivity index (χ4n) is 5.45. The molecule has 3 aromatic carbocycles. The van der Waals surface area contributed by atoms with Crippen molar-refractivity contribution < 1.29 is 41.0 Å². The van der Waals surface area contributed by atoms with E-state index in [2.05, 4.69) is 15.2 Å². The van der Waals surface area contributed by atoms with Crippen molar-refractivity contribution in [3.8, 4) is 0 Å². The van der Waals surface area contributed by atoms with Gasteiger partial charge in [-0.25, -0.2) is 4.79 Å². The van der Waals surface area contributed by atoms with E-state index < -0.39 is 29.7 Å². The number of nitrogens with zero attached hydrogens (tertiary/aromatic N) is 3. The van der Waals surface area contributed by atoms with Crippen molar-refractivity contribution in [1.29, 1.82) is 0 Å². The molecule has 246 valence electrons. The van der Waals surface area contributed by atoms with Gasteiger partial charge in [-0.1, -0.05) is 92.7 Å². The van der Waals surface area contributed by atoms with E-state index in [0.717, 1.165) is 18.5 Å². The van der Waals surface area contributed by atoms with Gasteiger partial charge in [-0.05, 0) is 63.6 Å². The summed E-state index contributed by atoms with van der Waals surface area (Å²) in [4.78, 5) is 36.8. The van der Waals surface area contributed by atoms with E-state index in [1.54, 1.807) is 58.9 Å². The second kappa shape index (κ2) is 16.5. The number of aliphatic imine (C=N–C) groups is 2. The Morgan fingerprint density at radius 2 is 1.57 bits per heavy atom. The minimum absolute atomic E-state index is 0. The van der Waals surface area contributed by atoms with E-state index in [4.69, 9.17) is 9.73 Å². The minimum atomic E-state index is -1.47. The third-order valence-electron chi connectivity index (χ3n) is 7.57. The Hall–Kier alpha value is -4.01. The number of hydrogen-bond acceptors (Lipinski definition) is 8. The molecule has 1 heterocycles. The van der Waals surface area contributed by atoms with E-state index >= 15 is 0 Å². The summed E-state index contributed by atoms with van der Waals surface area (Å²) in [6.07, 6.45) is 0.850. The molecule has 0 saturated carbocycles. The largest absolute Gasteiger partial charge is 2.00 e. The molecular weight excluding hydrogens is 627 g/mol. The standard InChI is InChI=1S/C36H44N4O5.Ni/c1-24(2)30(39-35(44)45-36(3,4)5)32(34(42)43)38-31(26-17-10-7-11-18-26)27-19-12-13-20-28(27)37-33(41)29-21-14-22-40(29)23-25-15-8-6-9-16-25;/h6-13,15-20,24,29-30,32H,14,21-23H2,1-5H3,(H,37,41)(H,39,44)(H,42,43);/q;+2/p-2/t29-,30+,32-;/m0./s1. The Labute approximate surface area is 281 Å². The first-order valence-electron chi connectivity index (χ1n) is 15.4. The number of aliphatic carboxylic acids is 1. The summed E-state index contributed by atoms with van der Waals surface area (Å²) in [5, 5.41) is 29.0. The number of carbonyl (C=O) groups is 2. The fraction of sp³-hybridized carbons (Fsp3) is 0.389. The molecule has 10 heteroatoms. The summed E-state index contributed by atoms with van der Waals surface area (Å²) in [5.74, 6) is -2.04. The van der Waals surface area contributed by atoms with Gasteiger partial charge in [0.2, 0.25) is 0 Å². The van der Waals surface area contributed by atoms with Gasteiger partial charge in [0.05, 0.1) is 23.4 Å². The number of benzene rings is 3.